The molecule has 0 bridgehead atoms. The van der Waals surface area contributed by atoms with Crippen LogP contribution in [0.15, 0.2) is 16.9 Å². The predicted octanol–water partition coefficient (Wildman–Crippen LogP) is 1.60. The summed E-state index contributed by atoms with van der Waals surface area (Å²) in [4.78, 5) is 15.2. The van der Waals surface area contributed by atoms with Gasteiger partial charge in [0.2, 0.25) is 0 Å². The highest BCUT2D eigenvalue weighted by atomic mass is 79.9. The monoisotopic (exact) mass is 244 g/mol. The van der Waals surface area contributed by atoms with Crippen molar-refractivity contribution >= 4 is 27.6 Å². The maximum atomic E-state index is 11.3. The van der Waals surface area contributed by atoms with Gasteiger partial charge in [0, 0.05) is 6.20 Å². The third-order valence-electron chi connectivity index (χ3n) is 1.42. The maximum absolute atomic E-state index is 11.3. The second-order valence-corrected chi connectivity index (χ2v) is 3.04. The summed E-state index contributed by atoms with van der Waals surface area (Å²) in [5.41, 5.74) is 6.22. The number of aromatic nitrogens is 1. The number of nitrogen functional groups attached to an aromatic ring is 1. The molecule has 0 aliphatic carbocycles. The molecule has 0 spiro atoms. The van der Waals surface area contributed by atoms with Gasteiger partial charge in [0.05, 0.1) is 12.3 Å². The van der Waals surface area contributed by atoms with E-state index in [2.05, 4.69) is 20.9 Å². The van der Waals surface area contributed by atoms with Crippen LogP contribution in [0.2, 0.25) is 0 Å². The molecule has 0 aliphatic heterocycles. The Morgan fingerprint density at radius 1 is 1.77 bits per heavy atom. The lowest BCUT2D eigenvalue weighted by Gasteiger charge is -2.05. The molecule has 1 heterocycles. The van der Waals surface area contributed by atoms with E-state index >= 15 is 0 Å². The maximum Gasteiger partial charge on any atom is 0.343 e. The third kappa shape index (κ3) is 2.18. The number of hydrogen-bond donors (Lipinski definition) is 1. The Balaban J connectivity index is 3.05. The molecule has 0 atom stereocenters. The van der Waals surface area contributed by atoms with E-state index in [1.807, 2.05) is 0 Å². The molecule has 0 amide bonds. The standard InChI is InChI=1S/C8H9BrN2O2/c1-2-13-8(12)6-5(10)3-4-11-7(6)9/h3-4H,2H2,1H3,(H2,10,11). The molecule has 0 aliphatic rings. The highest BCUT2D eigenvalue weighted by Gasteiger charge is 2.15. The van der Waals surface area contributed by atoms with Crippen molar-refractivity contribution in [3.05, 3.63) is 22.4 Å². The van der Waals surface area contributed by atoms with Crippen LogP contribution in [0.3, 0.4) is 0 Å². The van der Waals surface area contributed by atoms with Crippen LogP contribution in [0.4, 0.5) is 5.69 Å². The van der Waals surface area contributed by atoms with Gasteiger partial charge in [-0.2, -0.15) is 0 Å². The number of hydrogen-bond acceptors (Lipinski definition) is 4. The number of anilines is 1. The molecular formula is C8H9BrN2O2. The number of ether oxygens (including phenoxy) is 1. The number of nitrogens with two attached hydrogens (primary N) is 1. The third-order valence-corrected chi connectivity index (χ3v) is 2.02. The van der Waals surface area contributed by atoms with Gasteiger partial charge in [0.25, 0.3) is 0 Å². The SMILES string of the molecule is CCOC(=O)c1c(N)ccnc1Br. The lowest BCUT2D eigenvalue weighted by molar-refractivity contribution is 0.0526. The normalized spacial score (nSPS) is 9.69. The van der Waals surface area contributed by atoms with E-state index in [9.17, 15) is 4.79 Å². The molecule has 0 aromatic carbocycles. The summed E-state index contributed by atoms with van der Waals surface area (Å²) in [6, 6.07) is 1.55. The fourth-order valence-electron chi connectivity index (χ4n) is 0.855. The van der Waals surface area contributed by atoms with Crippen molar-refractivity contribution in [2.45, 2.75) is 6.92 Å². The number of esters is 1. The molecule has 1 aromatic rings. The number of nitrogens with zero attached hydrogens (tertiary/aromatic N) is 1. The Morgan fingerprint density at radius 3 is 3.00 bits per heavy atom. The molecular weight excluding hydrogens is 236 g/mol. The average Bonchev–Trinajstić information content (AvgIpc) is 2.04. The quantitative estimate of drug-likeness (QED) is 0.634. The number of carbonyl (C=O) groups is 1. The molecule has 0 saturated heterocycles. The van der Waals surface area contributed by atoms with Crippen molar-refractivity contribution in [1.29, 1.82) is 0 Å². The van der Waals surface area contributed by atoms with Crippen molar-refractivity contribution in [3.63, 3.8) is 0 Å². The topological polar surface area (TPSA) is 65.2 Å². The van der Waals surface area contributed by atoms with Crippen molar-refractivity contribution in [2.24, 2.45) is 0 Å². The summed E-state index contributed by atoms with van der Waals surface area (Å²) in [5, 5.41) is 0. The lowest BCUT2D eigenvalue weighted by Crippen LogP contribution is -2.09. The first kappa shape index (κ1) is 9.98. The molecule has 2 N–H and O–H groups in total. The molecule has 1 aromatic heterocycles. The first-order valence-corrected chi connectivity index (χ1v) is 4.53. The summed E-state index contributed by atoms with van der Waals surface area (Å²) < 4.78 is 5.21. The van der Waals surface area contributed by atoms with Crippen LogP contribution >= 0.6 is 15.9 Å². The van der Waals surface area contributed by atoms with Crippen LogP contribution in [0.25, 0.3) is 0 Å². The van der Waals surface area contributed by atoms with Gasteiger partial charge in [-0.3, -0.25) is 0 Å². The summed E-state index contributed by atoms with van der Waals surface area (Å²) in [5.74, 6) is -0.458. The van der Waals surface area contributed by atoms with E-state index < -0.39 is 5.97 Å². The zero-order valence-electron chi connectivity index (χ0n) is 7.08. The van der Waals surface area contributed by atoms with Crippen LogP contribution in [-0.2, 0) is 4.74 Å². The smallest absolute Gasteiger partial charge is 0.343 e. The second-order valence-electron chi connectivity index (χ2n) is 2.29. The molecule has 0 radical (unpaired) electrons. The molecule has 0 saturated carbocycles. The Bertz CT molecular complexity index is 308. The number of rotatable bonds is 2. The van der Waals surface area contributed by atoms with Gasteiger partial charge in [-0.25, -0.2) is 9.78 Å². The Kier molecular flexibility index (Phi) is 3.25. The molecule has 70 valence electrons. The summed E-state index contributed by atoms with van der Waals surface area (Å²) in [6.07, 6.45) is 1.52. The van der Waals surface area contributed by atoms with Gasteiger partial charge in [-0.15, -0.1) is 0 Å². The number of carbonyl (C=O) groups excluding carboxylic acids is 1. The molecule has 5 heteroatoms. The Morgan fingerprint density at radius 2 is 2.46 bits per heavy atom. The summed E-state index contributed by atoms with van der Waals surface area (Å²) in [7, 11) is 0. The lowest BCUT2D eigenvalue weighted by atomic mass is 10.2. The highest BCUT2D eigenvalue weighted by Crippen LogP contribution is 2.20. The van der Waals surface area contributed by atoms with Crippen molar-refractivity contribution < 1.29 is 9.53 Å². The van der Waals surface area contributed by atoms with Gasteiger partial charge in [-0.1, -0.05) is 0 Å². The number of halogens is 1. The Hall–Kier alpha value is -1.10. The minimum absolute atomic E-state index is 0.282. The second kappa shape index (κ2) is 4.23. The minimum atomic E-state index is -0.458. The van der Waals surface area contributed by atoms with Crippen LogP contribution in [0.1, 0.15) is 17.3 Å². The predicted molar refractivity (Wildman–Crippen MR) is 52.3 cm³/mol. The van der Waals surface area contributed by atoms with Gasteiger partial charge in [0.1, 0.15) is 10.2 Å². The fourth-order valence-corrected chi connectivity index (χ4v) is 1.36. The van der Waals surface area contributed by atoms with Gasteiger partial charge in [-0.05, 0) is 28.9 Å². The van der Waals surface area contributed by atoms with Gasteiger partial charge in [0.15, 0.2) is 0 Å². The van der Waals surface area contributed by atoms with Gasteiger partial charge >= 0.3 is 5.97 Å². The summed E-state index contributed by atoms with van der Waals surface area (Å²) >= 11 is 3.13. The Labute approximate surface area is 84.2 Å². The molecule has 0 unspecified atom stereocenters. The van der Waals surface area contributed by atoms with Crippen molar-refractivity contribution in [1.82, 2.24) is 4.98 Å². The zero-order valence-corrected chi connectivity index (χ0v) is 8.67. The molecule has 4 nitrogen and oxygen atoms in total. The van der Waals surface area contributed by atoms with E-state index in [1.165, 1.54) is 6.20 Å². The first-order valence-electron chi connectivity index (χ1n) is 3.74. The van der Waals surface area contributed by atoms with E-state index in [4.69, 9.17) is 10.5 Å². The van der Waals surface area contributed by atoms with Crippen LogP contribution in [-0.4, -0.2) is 17.6 Å². The number of pyridine rings is 1. The first-order chi connectivity index (χ1) is 6.16. The molecule has 1 rings (SSSR count). The average molecular weight is 245 g/mol. The van der Waals surface area contributed by atoms with Crippen LogP contribution in [0.5, 0.6) is 0 Å². The fraction of sp³-hybridized carbons (Fsp3) is 0.250. The van der Waals surface area contributed by atoms with Crippen LogP contribution in [0, 0.1) is 0 Å². The zero-order chi connectivity index (χ0) is 9.84. The van der Waals surface area contributed by atoms with Crippen molar-refractivity contribution in [3.8, 4) is 0 Å². The summed E-state index contributed by atoms with van der Waals surface area (Å²) in [6.45, 7) is 2.05. The molecule has 13 heavy (non-hydrogen) atoms. The minimum Gasteiger partial charge on any atom is -0.462 e. The van der Waals surface area contributed by atoms with E-state index in [1.54, 1.807) is 13.0 Å². The van der Waals surface area contributed by atoms with E-state index in [0.717, 1.165) is 0 Å². The van der Waals surface area contributed by atoms with E-state index in [0.29, 0.717) is 16.9 Å². The van der Waals surface area contributed by atoms with Crippen LogP contribution < -0.4 is 5.73 Å². The largest absolute Gasteiger partial charge is 0.462 e. The van der Waals surface area contributed by atoms with Gasteiger partial charge < -0.3 is 10.5 Å². The molecule has 0 fully saturated rings. The highest BCUT2D eigenvalue weighted by molar-refractivity contribution is 9.10. The van der Waals surface area contributed by atoms with Crippen molar-refractivity contribution in [2.75, 3.05) is 12.3 Å². The van der Waals surface area contributed by atoms with E-state index in [-0.39, 0.29) is 5.56 Å².